The minimum Gasteiger partial charge on any atom is -0.314 e. The molecule has 0 saturated carbocycles. The normalized spacial score (nSPS) is 20.2. The Hall–Kier alpha value is -0.570. The van der Waals surface area contributed by atoms with E-state index in [-0.39, 0.29) is 0 Å². The van der Waals surface area contributed by atoms with Gasteiger partial charge in [-0.1, -0.05) is 44.0 Å². The summed E-state index contributed by atoms with van der Waals surface area (Å²) in [4.78, 5) is 2.60. The highest BCUT2D eigenvalue weighted by Gasteiger charge is 2.28. The van der Waals surface area contributed by atoms with Gasteiger partial charge in [-0.25, -0.2) is 0 Å². The zero-order chi connectivity index (χ0) is 13.8. The topological polar surface area (TPSA) is 15.3 Å². The van der Waals surface area contributed by atoms with Crippen LogP contribution in [0.4, 0.5) is 0 Å². The van der Waals surface area contributed by atoms with E-state index in [1.165, 1.54) is 17.5 Å². The van der Waals surface area contributed by atoms with Crippen LogP contribution < -0.4 is 5.32 Å². The van der Waals surface area contributed by atoms with E-state index >= 15 is 0 Å². The van der Waals surface area contributed by atoms with Crippen LogP contribution >= 0.6 is 11.6 Å². The third-order valence-corrected chi connectivity index (χ3v) is 4.62. The molecule has 2 atom stereocenters. The van der Waals surface area contributed by atoms with Crippen LogP contribution in [0.25, 0.3) is 0 Å². The Kier molecular flexibility index (Phi) is 5.26. The Morgan fingerprint density at radius 2 is 2.00 bits per heavy atom. The standard InChI is InChI=1S/C16H25ClN2/c1-4-12(2)16(19-10-8-18-9-11-19)15-13(3)6-5-7-14(15)17/h5-7,12,16,18H,4,8-11H2,1-3H3/t12?,16-/m1/s1. The molecule has 0 amide bonds. The fourth-order valence-corrected chi connectivity index (χ4v) is 3.36. The molecular formula is C16H25ClN2. The predicted octanol–water partition coefficient (Wildman–Crippen LogP) is 3.64. The smallest absolute Gasteiger partial charge is 0.0456 e. The number of aryl methyl sites for hydroxylation is 1. The fourth-order valence-electron chi connectivity index (χ4n) is 3.03. The lowest BCUT2D eigenvalue weighted by Gasteiger charge is -2.39. The van der Waals surface area contributed by atoms with Gasteiger partial charge >= 0.3 is 0 Å². The molecule has 1 fully saturated rings. The number of piperazine rings is 1. The maximum atomic E-state index is 6.50. The zero-order valence-corrected chi connectivity index (χ0v) is 13.0. The van der Waals surface area contributed by atoms with Gasteiger partial charge in [-0.15, -0.1) is 0 Å². The van der Waals surface area contributed by atoms with E-state index in [0.29, 0.717) is 12.0 Å². The van der Waals surface area contributed by atoms with E-state index < -0.39 is 0 Å². The van der Waals surface area contributed by atoms with Gasteiger partial charge in [0, 0.05) is 37.2 Å². The average Bonchev–Trinajstić information content (AvgIpc) is 2.43. The summed E-state index contributed by atoms with van der Waals surface area (Å²) in [5, 5.41) is 4.35. The molecule has 1 heterocycles. The van der Waals surface area contributed by atoms with E-state index in [0.717, 1.165) is 31.2 Å². The van der Waals surface area contributed by atoms with Crippen LogP contribution in [0.2, 0.25) is 5.02 Å². The van der Waals surface area contributed by atoms with Crippen molar-refractivity contribution in [1.82, 2.24) is 10.2 Å². The van der Waals surface area contributed by atoms with Gasteiger partial charge in [0.1, 0.15) is 0 Å². The first-order valence-corrected chi connectivity index (χ1v) is 7.72. The van der Waals surface area contributed by atoms with Crippen LogP contribution in [0.1, 0.15) is 37.4 Å². The lowest BCUT2D eigenvalue weighted by molar-refractivity contribution is 0.128. The van der Waals surface area contributed by atoms with Crippen molar-refractivity contribution in [3.05, 3.63) is 34.3 Å². The van der Waals surface area contributed by atoms with Crippen molar-refractivity contribution < 1.29 is 0 Å². The van der Waals surface area contributed by atoms with Crippen molar-refractivity contribution in [3.8, 4) is 0 Å². The summed E-state index contributed by atoms with van der Waals surface area (Å²) in [6.45, 7) is 11.2. The number of rotatable bonds is 4. The molecule has 1 aromatic rings. The largest absolute Gasteiger partial charge is 0.314 e. The van der Waals surface area contributed by atoms with Crippen molar-refractivity contribution in [2.75, 3.05) is 26.2 Å². The van der Waals surface area contributed by atoms with Crippen molar-refractivity contribution >= 4 is 11.6 Å². The van der Waals surface area contributed by atoms with Gasteiger partial charge in [0.05, 0.1) is 0 Å². The van der Waals surface area contributed by atoms with E-state index in [9.17, 15) is 0 Å². The quantitative estimate of drug-likeness (QED) is 0.906. The van der Waals surface area contributed by atoms with Crippen LogP contribution in [0.15, 0.2) is 18.2 Å². The van der Waals surface area contributed by atoms with Crippen LogP contribution in [0.3, 0.4) is 0 Å². The molecule has 1 aromatic carbocycles. The molecule has 0 bridgehead atoms. The van der Waals surface area contributed by atoms with Crippen molar-refractivity contribution in [2.24, 2.45) is 5.92 Å². The second-order valence-corrected chi connectivity index (χ2v) is 5.99. The first kappa shape index (κ1) is 14.8. The minimum atomic E-state index is 0.445. The van der Waals surface area contributed by atoms with E-state index in [4.69, 9.17) is 11.6 Å². The maximum absolute atomic E-state index is 6.50. The molecule has 3 heteroatoms. The zero-order valence-electron chi connectivity index (χ0n) is 12.2. The molecule has 2 nitrogen and oxygen atoms in total. The highest BCUT2D eigenvalue weighted by Crippen LogP contribution is 2.37. The lowest BCUT2D eigenvalue weighted by atomic mass is 9.88. The van der Waals surface area contributed by atoms with Gasteiger partial charge in [-0.3, -0.25) is 4.90 Å². The van der Waals surface area contributed by atoms with Crippen LogP contribution in [0.5, 0.6) is 0 Å². The second-order valence-electron chi connectivity index (χ2n) is 5.59. The molecule has 19 heavy (non-hydrogen) atoms. The molecule has 1 aliphatic rings. The van der Waals surface area contributed by atoms with Gasteiger partial charge < -0.3 is 5.32 Å². The molecule has 0 aliphatic carbocycles. The molecular weight excluding hydrogens is 256 g/mol. The van der Waals surface area contributed by atoms with Gasteiger partial charge in [0.15, 0.2) is 0 Å². The highest BCUT2D eigenvalue weighted by molar-refractivity contribution is 6.31. The summed E-state index contributed by atoms with van der Waals surface area (Å²) in [5.74, 6) is 0.622. The molecule has 0 spiro atoms. The average molecular weight is 281 g/mol. The molecule has 0 aromatic heterocycles. The van der Waals surface area contributed by atoms with E-state index in [1.54, 1.807) is 0 Å². The molecule has 1 unspecified atom stereocenters. The number of nitrogens with zero attached hydrogens (tertiary/aromatic N) is 1. The number of nitrogens with one attached hydrogen (secondary N) is 1. The first-order valence-electron chi connectivity index (χ1n) is 7.35. The summed E-state index contributed by atoms with van der Waals surface area (Å²) in [5.41, 5.74) is 2.65. The van der Waals surface area contributed by atoms with Gasteiger partial charge in [0.2, 0.25) is 0 Å². The van der Waals surface area contributed by atoms with E-state index in [2.05, 4.69) is 37.1 Å². The summed E-state index contributed by atoms with van der Waals surface area (Å²) in [6, 6.07) is 6.70. The fraction of sp³-hybridized carbons (Fsp3) is 0.625. The summed E-state index contributed by atoms with van der Waals surface area (Å²) >= 11 is 6.50. The van der Waals surface area contributed by atoms with Crippen LogP contribution in [-0.4, -0.2) is 31.1 Å². The third-order valence-electron chi connectivity index (χ3n) is 4.29. The predicted molar refractivity (Wildman–Crippen MR) is 82.8 cm³/mol. The van der Waals surface area contributed by atoms with Gasteiger partial charge in [-0.05, 0) is 30.0 Å². The molecule has 1 aliphatic heterocycles. The SMILES string of the molecule is CCC(C)[C@H](c1c(C)cccc1Cl)N1CCNCC1. The maximum Gasteiger partial charge on any atom is 0.0456 e. The monoisotopic (exact) mass is 280 g/mol. The van der Waals surface area contributed by atoms with Crippen LogP contribution in [0, 0.1) is 12.8 Å². The molecule has 0 radical (unpaired) electrons. The Morgan fingerprint density at radius 3 is 2.58 bits per heavy atom. The molecule has 106 valence electrons. The van der Waals surface area contributed by atoms with Gasteiger partial charge in [0.25, 0.3) is 0 Å². The summed E-state index contributed by atoms with van der Waals surface area (Å²) < 4.78 is 0. The highest BCUT2D eigenvalue weighted by atomic mass is 35.5. The van der Waals surface area contributed by atoms with Crippen molar-refractivity contribution in [1.29, 1.82) is 0 Å². The number of hydrogen-bond acceptors (Lipinski definition) is 2. The molecule has 1 N–H and O–H groups in total. The first-order chi connectivity index (χ1) is 9.15. The number of halogens is 1. The minimum absolute atomic E-state index is 0.445. The molecule has 2 rings (SSSR count). The number of benzene rings is 1. The van der Waals surface area contributed by atoms with Crippen LogP contribution in [-0.2, 0) is 0 Å². The van der Waals surface area contributed by atoms with Crippen molar-refractivity contribution in [2.45, 2.75) is 33.2 Å². The summed E-state index contributed by atoms with van der Waals surface area (Å²) in [6.07, 6.45) is 1.18. The van der Waals surface area contributed by atoms with E-state index in [1.807, 2.05) is 12.1 Å². The summed E-state index contributed by atoms with van der Waals surface area (Å²) in [7, 11) is 0. The third kappa shape index (κ3) is 3.31. The molecule has 1 saturated heterocycles. The number of hydrogen-bond donors (Lipinski definition) is 1. The van der Waals surface area contributed by atoms with Crippen molar-refractivity contribution in [3.63, 3.8) is 0 Å². The second kappa shape index (κ2) is 6.74. The van der Waals surface area contributed by atoms with Gasteiger partial charge in [-0.2, -0.15) is 0 Å². The Labute approximate surface area is 122 Å². The Morgan fingerprint density at radius 1 is 1.32 bits per heavy atom. The Balaban J connectivity index is 2.36. The lowest BCUT2D eigenvalue weighted by Crippen LogP contribution is -2.46. The Bertz CT molecular complexity index is 393.